The van der Waals surface area contributed by atoms with Crippen LogP contribution in [-0.4, -0.2) is 33.3 Å². The number of hydrogen-bond acceptors (Lipinski definition) is 3. The van der Waals surface area contributed by atoms with Gasteiger partial charge < -0.3 is 15.3 Å². The summed E-state index contributed by atoms with van der Waals surface area (Å²) < 4.78 is 0. The SMILES string of the molecule is Cc1cc(C(O)C(O)CCCl)cc(C)c1C(=O)O. The third-order valence-corrected chi connectivity index (χ3v) is 3.10. The van der Waals surface area contributed by atoms with Gasteiger partial charge >= 0.3 is 5.97 Å². The summed E-state index contributed by atoms with van der Waals surface area (Å²) in [5, 5.41) is 28.7. The van der Waals surface area contributed by atoms with E-state index in [-0.39, 0.29) is 17.9 Å². The molecule has 5 heteroatoms. The van der Waals surface area contributed by atoms with Gasteiger partial charge in [0.05, 0.1) is 11.7 Å². The maximum Gasteiger partial charge on any atom is 0.336 e. The summed E-state index contributed by atoms with van der Waals surface area (Å²) in [6.07, 6.45) is -1.72. The van der Waals surface area contributed by atoms with Gasteiger partial charge in [-0.05, 0) is 37.0 Å². The van der Waals surface area contributed by atoms with E-state index >= 15 is 0 Å². The number of carboxylic acid groups (broad SMARTS) is 1. The minimum absolute atomic E-state index is 0.234. The Kier molecular flexibility index (Phi) is 5.14. The zero-order chi connectivity index (χ0) is 13.9. The predicted octanol–water partition coefficient (Wildman–Crippen LogP) is 2.02. The van der Waals surface area contributed by atoms with E-state index in [0.717, 1.165) is 0 Å². The molecule has 1 aromatic carbocycles. The number of aromatic carboxylic acids is 1. The molecule has 0 bridgehead atoms. The average molecular weight is 273 g/mol. The van der Waals surface area contributed by atoms with Crippen molar-refractivity contribution in [3.8, 4) is 0 Å². The largest absolute Gasteiger partial charge is 0.478 e. The fourth-order valence-electron chi connectivity index (χ4n) is 2.00. The monoisotopic (exact) mass is 272 g/mol. The summed E-state index contributed by atoms with van der Waals surface area (Å²) in [5.41, 5.74) is 1.87. The fourth-order valence-corrected chi connectivity index (χ4v) is 2.22. The molecule has 0 saturated heterocycles. The number of rotatable bonds is 5. The molecule has 0 aromatic heterocycles. The van der Waals surface area contributed by atoms with Gasteiger partial charge in [-0.15, -0.1) is 11.6 Å². The molecular formula is C13H17ClO4. The third kappa shape index (κ3) is 3.22. The summed E-state index contributed by atoms with van der Waals surface area (Å²) >= 11 is 5.51. The number of carbonyl (C=O) groups is 1. The van der Waals surface area contributed by atoms with Crippen LogP contribution in [0.1, 0.15) is 39.6 Å². The lowest BCUT2D eigenvalue weighted by atomic mass is 9.94. The van der Waals surface area contributed by atoms with Gasteiger partial charge in [0.1, 0.15) is 6.10 Å². The van der Waals surface area contributed by atoms with Crippen LogP contribution in [0.2, 0.25) is 0 Å². The topological polar surface area (TPSA) is 77.8 Å². The fraction of sp³-hybridized carbons (Fsp3) is 0.462. The number of aryl methyl sites for hydroxylation is 2. The minimum Gasteiger partial charge on any atom is -0.478 e. The van der Waals surface area contributed by atoms with Crippen LogP contribution in [0.15, 0.2) is 12.1 Å². The Bertz CT molecular complexity index is 422. The molecule has 0 saturated carbocycles. The molecule has 2 unspecified atom stereocenters. The van der Waals surface area contributed by atoms with Gasteiger partial charge in [0.2, 0.25) is 0 Å². The molecule has 1 aromatic rings. The highest BCUT2D eigenvalue weighted by molar-refractivity contribution is 6.17. The molecule has 0 radical (unpaired) electrons. The highest BCUT2D eigenvalue weighted by atomic mass is 35.5. The Morgan fingerprint density at radius 2 is 1.78 bits per heavy atom. The molecule has 100 valence electrons. The first kappa shape index (κ1) is 15.0. The first-order valence-electron chi connectivity index (χ1n) is 5.65. The van der Waals surface area contributed by atoms with E-state index in [1.807, 2.05) is 0 Å². The maximum atomic E-state index is 11.0. The van der Waals surface area contributed by atoms with E-state index in [1.54, 1.807) is 26.0 Å². The number of aliphatic hydroxyl groups is 2. The Hall–Kier alpha value is -1.10. The highest BCUT2D eigenvalue weighted by Crippen LogP contribution is 2.24. The molecule has 0 amide bonds. The molecule has 0 aliphatic heterocycles. The number of halogens is 1. The second-order valence-corrected chi connectivity index (χ2v) is 4.70. The van der Waals surface area contributed by atoms with E-state index < -0.39 is 18.2 Å². The molecule has 0 aliphatic carbocycles. The van der Waals surface area contributed by atoms with Gasteiger partial charge in [-0.25, -0.2) is 4.79 Å². The van der Waals surface area contributed by atoms with Crippen LogP contribution in [0.4, 0.5) is 0 Å². The minimum atomic E-state index is -1.05. The lowest BCUT2D eigenvalue weighted by molar-refractivity contribution is 0.0169. The Labute approximate surface area is 111 Å². The summed E-state index contributed by atoms with van der Waals surface area (Å²) in [6.45, 7) is 3.33. The normalized spacial score (nSPS) is 14.3. The van der Waals surface area contributed by atoms with Crippen LogP contribution in [0, 0.1) is 13.8 Å². The summed E-state index contributed by atoms with van der Waals surface area (Å²) in [4.78, 5) is 11.0. The molecule has 18 heavy (non-hydrogen) atoms. The van der Waals surface area contributed by atoms with E-state index in [9.17, 15) is 15.0 Å². The Morgan fingerprint density at radius 3 is 2.17 bits per heavy atom. The Balaban J connectivity index is 3.10. The van der Waals surface area contributed by atoms with Crippen LogP contribution in [0.3, 0.4) is 0 Å². The summed E-state index contributed by atoms with van der Waals surface area (Å²) in [6, 6.07) is 3.16. The van der Waals surface area contributed by atoms with Crippen molar-refractivity contribution in [3.63, 3.8) is 0 Å². The molecule has 0 fully saturated rings. The van der Waals surface area contributed by atoms with Crippen LogP contribution >= 0.6 is 11.6 Å². The molecule has 2 atom stereocenters. The van der Waals surface area contributed by atoms with Gasteiger partial charge in [-0.1, -0.05) is 12.1 Å². The number of alkyl halides is 1. The number of benzene rings is 1. The van der Waals surface area contributed by atoms with Crippen molar-refractivity contribution >= 4 is 17.6 Å². The maximum absolute atomic E-state index is 11.0. The van der Waals surface area contributed by atoms with Crippen LogP contribution in [0.25, 0.3) is 0 Å². The quantitative estimate of drug-likeness (QED) is 0.717. The molecule has 4 nitrogen and oxygen atoms in total. The van der Waals surface area contributed by atoms with Gasteiger partial charge in [-0.2, -0.15) is 0 Å². The van der Waals surface area contributed by atoms with Crippen LogP contribution in [0.5, 0.6) is 0 Å². The van der Waals surface area contributed by atoms with Crippen molar-refractivity contribution in [1.29, 1.82) is 0 Å². The number of hydrogen-bond donors (Lipinski definition) is 3. The van der Waals surface area contributed by atoms with Crippen LogP contribution in [-0.2, 0) is 0 Å². The molecule has 1 rings (SSSR count). The third-order valence-electron chi connectivity index (χ3n) is 2.88. The molecule has 3 N–H and O–H groups in total. The molecule has 0 aliphatic rings. The first-order valence-corrected chi connectivity index (χ1v) is 6.18. The standard InChI is InChI=1S/C13H17ClO4/c1-7-5-9(12(16)10(15)3-4-14)6-8(2)11(7)13(17)18/h5-6,10,12,15-16H,3-4H2,1-2H3,(H,17,18). The van der Waals surface area contributed by atoms with Gasteiger partial charge in [0, 0.05) is 5.88 Å². The van der Waals surface area contributed by atoms with E-state index in [2.05, 4.69) is 0 Å². The van der Waals surface area contributed by atoms with E-state index in [0.29, 0.717) is 16.7 Å². The molecular weight excluding hydrogens is 256 g/mol. The highest BCUT2D eigenvalue weighted by Gasteiger charge is 2.20. The second kappa shape index (κ2) is 6.18. The smallest absolute Gasteiger partial charge is 0.336 e. The predicted molar refractivity (Wildman–Crippen MR) is 69.2 cm³/mol. The van der Waals surface area contributed by atoms with Crippen molar-refractivity contribution in [1.82, 2.24) is 0 Å². The second-order valence-electron chi connectivity index (χ2n) is 4.32. The van der Waals surface area contributed by atoms with Crippen LogP contribution < -0.4 is 0 Å². The van der Waals surface area contributed by atoms with Crippen molar-refractivity contribution < 1.29 is 20.1 Å². The van der Waals surface area contributed by atoms with E-state index in [1.165, 1.54) is 0 Å². The molecule has 0 heterocycles. The summed E-state index contributed by atoms with van der Waals surface area (Å²) in [7, 11) is 0. The number of aliphatic hydroxyl groups excluding tert-OH is 2. The van der Waals surface area contributed by atoms with Crippen molar-refractivity contribution in [2.75, 3.05) is 5.88 Å². The van der Waals surface area contributed by atoms with E-state index in [4.69, 9.17) is 16.7 Å². The van der Waals surface area contributed by atoms with Gasteiger partial charge in [0.15, 0.2) is 0 Å². The lowest BCUT2D eigenvalue weighted by Crippen LogP contribution is -2.19. The van der Waals surface area contributed by atoms with Crippen molar-refractivity contribution in [2.45, 2.75) is 32.5 Å². The summed E-state index contributed by atoms with van der Waals surface area (Å²) in [5.74, 6) is -0.740. The van der Waals surface area contributed by atoms with Gasteiger partial charge in [0.25, 0.3) is 0 Å². The Morgan fingerprint density at radius 1 is 1.28 bits per heavy atom. The number of carboxylic acids is 1. The van der Waals surface area contributed by atoms with Gasteiger partial charge in [-0.3, -0.25) is 0 Å². The zero-order valence-corrected chi connectivity index (χ0v) is 11.1. The van der Waals surface area contributed by atoms with Crippen molar-refractivity contribution in [2.24, 2.45) is 0 Å². The zero-order valence-electron chi connectivity index (χ0n) is 10.4. The lowest BCUT2D eigenvalue weighted by Gasteiger charge is -2.19. The van der Waals surface area contributed by atoms with Crippen molar-refractivity contribution in [3.05, 3.63) is 34.4 Å². The molecule has 0 spiro atoms. The first-order chi connectivity index (χ1) is 8.38. The average Bonchev–Trinajstić information content (AvgIpc) is 2.26.